The van der Waals surface area contributed by atoms with E-state index in [0.717, 1.165) is 25.7 Å². The van der Waals surface area contributed by atoms with Gasteiger partial charge in [0.25, 0.3) is 11.6 Å². The average molecular weight is 263 g/mol. The van der Waals surface area contributed by atoms with Gasteiger partial charge in [-0.15, -0.1) is 0 Å². The predicted molar refractivity (Wildman–Crippen MR) is 70.8 cm³/mol. The molecule has 0 saturated heterocycles. The van der Waals surface area contributed by atoms with E-state index in [1.165, 1.54) is 18.2 Å². The second-order valence-electron chi connectivity index (χ2n) is 4.89. The van der Waals surface area contributed by atoms with Crippen LogP contribution in [0.25, 0.3) is 0 Å². The van der Waals surface area contributed by atoms with Crippen LogP contribution in [0.15, 0.2) is 24.3 Å². The second-order valence-corrected chi connectivity index (χ2v) is 4.89. The quantitative estimate of drug-likeness (QED) is 0.639. The Balaban J connectivity index is 2.00. The number of nitrogens with zero attached hydrogens (tertiary/aromatic N) is 1. The van der Waals surface area contributed by atoms with E-state index in [2.05, 4.69) is 5.32 Å². The highest BCUT2D eigenvalue weighted by molar-refractivity contribution is 5.95. The number of rotatable bonds is 3. The lowest BCUT2D eigenvalue weighted by Gasteiger charge is -2.26. The first-order chi connectivity index (χ1) is 9.06. The van der Waals surface area contributed by atoms with Crippen LogP contribution < -0.4 is 11.1 Å². The van der Waals surface area contributed by atoms with Crippen LogP contribution in [0.4, 0.5) is 5.69 Å². The van der Waals surface area contributed by atoms with Crippen molar-refractivity contribution in [3.8, 4) is 0 Å². The second kappa shape index (κ2) is 5.79. The zero-order chi connectivity index (χ0) is 13.8. The minimum atomic E-state index is -0.504. The Morgan fingerprint density at radius 3 is 2.63 bits per heavy atom. The zero-order valence-corrected chi connectivity index (χ0v) is 10.5. The Labute approximate surface area is 111 Å². The van der Waals surface area contributed by atoms with Gasteiger partial charge in [0.2, 0.25) is 0 Å². The molecule has 6 heteroatoms. The van der Waals surface area contributed by atoms with E-state index in [1.54, 1.807) is 6.07 Å². The smallest absolute Gasteiger partial charge is 0.270 e. The number of nitro benzene ring substituents is 1. The van der Waals surface area contributed by atoms with Crippen LogP contribution in [0.5, 0.6) is 0 Å². The van der Waals surface area contributed by atoms with Crippen molar-refractivity contribution in [2.75, 3.05) is 0 Å². The van der Waals surface area contributed by atoms with E-state index in [4.69, 9.17) is 5.73 Å². The van der Waals surface area contributed by atoms with Crippen LogP contribution in [0.2, 0.25) is 0 Å². The maximum absolute atomic E-state index is 12.0. The van der Waals surface area contributed by atoms with Gasteiger partial charge in [0.15, 0.2) is 0 Å². The van der Waals surface area contributed by atoms with Crippen LogP contribution in [0.1, 0.15) is 36.0 Å². The van der Waals surface area contributed by atoms with Gasteiger partial charge in [-0.05, 0) is 31.7 Å². The summed E-state index contributed by atoms with van der Waals surface area (Å²) >= 11 is 0. The first kappa shape index (κ1) is 13.5. The molecular weight excluding hydrogens is 246 g/mol. The molecule has 102 valence electrons. The van der Waals surface area contributed by atoms with Crippen molar-refractivity contribution >= 4 is 11.6 Å². The summed E-state index contributed by atoms with van der Waals surface area (Å²) in [5.74, 6) is -0.260. The third-order valence-corrected chi connectivity index (χ3v) is 3.43. The monoisotopic (exact) mass is 263 g/mol. The molecule has 0 bridgehead atoms. The van der Waals surface area contributed by atoms with Crippen molar-refractivity contribution in [3.05, 3.63) is 39.9 Å². The molecule has 1 fully saturated rings. The van der Waals surface area contributed by atoms with E-state index >= 15 is 0 Å². The summed E-state index contributed by atoms with van der Waals surface area (Å²) in [6.07, 6.45) is 3.53. The van der Waals surface area contributed by atoms with E-state index < -0.39 is 4.92 Å². The molecule has 0 heterocycles. The van der Waals surface area contributed by atoms with Crippen LogP contribution in [-0.2, 0) is 0 Å². The van der Waals surface area contributed by atoms with Gasteiger partial charge in [-0.3, -0.25) is 14.9 Å². The molecule has 0 spiro atoms. The summed E-state index contributed by atoms with van der Waals surface area (Å²) in [4.78, 5) is 22.2. The SMILES string of the molecule is NC1CCC(NC(=O)c2cccc([N+](=O)[O-])c2)CC1. The highest BCUT2D eigenvalue weighted by atomic mass is 16.6. The van der Waals surface area contributed by atoms with Gasteiger partial charge in [0.05, 0.1) is 4.92 Å². The Hall–Kier alpha value is -1.95. The minimum absolute atomic E-state index is 0.0710. The van der Waals surface area contributed by atoms with E-state index in [-0.39, 0.29) is 23.7 Å². The number of benzene rings is 1. The Morgan fingerprint density at radius 2 is 2.00 bits per heavy atom. The molecule has 0 atom stereocenters. The zero-order valence-electron chi connectivity index (χ0n) is 10.5. The van der Waals surface area contributed by atoms with Crippen molar-refractivity contribution in [2.45, 2.75) is 37.8 Å². The molecule has 0 aromatic heterocycles. The number of hydrogen-bond acceptors (Lipinski definition) is 4. The van der Waals surface area contributed by atoms with Crippen molar-refractivity contribution in [1.82, 2.24) is 5.32 Å². The van der Waals surface area contributed by atoms with E-state index in [1.807, 2.05) is 0 Å². The molecule has 1 aromatic rings. The molecule has 0 aliphatic heterocycles. The molecule has 19 heavy (non-hydrogen) atoms. The fourth-order valence-electron chi connectivity index (χ4n) is 2.29. The van der Waals surface area contributed by atoms with Crippen molar-refractivity contribution in [1.29, 1.82) is 0 Å². The third-order valence-electron chi connectivity index (χ3n) is 3.43. The van der Waals surface area contributed by atoms with Gasteiger partial charge in [-0.1, -0.05) is 6.07 Å². The topological polar surface area (TPSA) is 98.3 Å². The predicted octanol–water partition coefficient (Wildman–Crippen LogP) is 1.59. The van der Waals surface area contributed by atoms with E-state index in [0.29, 0.717) is 5.56 Å². The number of carbonyl (C=O) groups is 1. The number of non-ortho nitro benzene ring substituents is 1. The number of amides is 1. The number of nitrogens with one attached hydrogen (secondary N) is 1. The summed E-state index contributed by atoms with van der Waals surface area (Å²) < 4.78 is 0. The molecule has 2 rings (SSSR count). The molecule has 1 saturated carbocycles. The normalized spacial score (nSPS) is 22.8. The summed E-state index contributed by atoms with van der Waals surface area (Å²) in [7, 11) is 0. The maximum atomic E-state index is 12.0. The lowest BCUT2D eigenvalue weighted by Crippen LogP contribution is -2.40. The van der Waals surface area contributed by atoms with Gasteiger partial charge in [-0.25, -0.2) is 0 Å². The molecule has 3 N–H and O–H groups in total. The summed E-state index contributed by atoms with van der Waals surface area (Å²) in [6, 6.07) is 6.11. The molecule has 1 aromatic carbocycles. The van der Waals surface area contributed by atoms with Crippen molar-refractivity contribution in [3.63, 3.8) is 0 Å². The highest BCUT2D eigenvalue weighted by Gasteiger charge is 2.21. The third kappa shape index (κ3) is 3.51. The molecule has 1 aliphatic carbocycles. The largest absolute Gasteiger partial charge is 0.349 e. The van der Waals surface area contributed by atoms with Crippen LogP contribution >= 0.6 is 0 Å². The Bertz CT molecular complexity index is 482. The summed E-state index contributed by atoms with van der Waals surface area (Å²) in [6.45, 7) is 0. The van der Waals surface area contributed by atoms with E-state index in [9.17, 15) is 14.9 Å². The van der Waals surface area contributed by atoms with Gasteiger partial charge < -0.3 is 11.1 Å². The number of nitro groups is 1. The van der Waals surface area contributed by atoms with Crippen molar-refractivity contribution in [2.24, 2.45) is 5.73 Å². The van der Waals surface area contributed by atoms with Crippen molar-refractivity contribution < 1.29 is 9.72 Å². The number of nitrogens with two attached hydrogens (primary N) is 1. The standard InChI is InChI=1S/C13H17N3O3/c14-10-4-6-11(7-5-10)15-13(17)9-2-1-3-12(8-9)16(18)19/h1-3,8,10-11H,4-7,14H2,(H,15,17). The van der Waals surface area contributed by atoms with Crippen LogP contribution in [-0.4, -0.2) is 22.9 Å². The molecule has 0 radical (unpaired) electrons. The first-order valence-corrected chi connectivity index (χ1v) is 6.37. The van der Waals surface area contributed by atoms with Crippen LogP contribution in [0, 0.1) is 10.1 Å². The molecular formula is C13H17N3O3. The average Bonchev–Trinajstić information content (AvgIpc) is 2.41. The lowest BCUT2D eigenvalue weighted by molar-refractivity contribution is -0.384. The molecule has 1 amide bonds. The minimum Gasteiger partial charge on any atom is -0.349 e. The summed E-state index contributed by atoms with van der Waals surface area (Å²) in [5.41, 5.74) is 6.06. The molecule has 1 aliphatic rings. The fraction of sp³-hybridized carbons (Fsp3) is 0.462. The fourth-order valence-corrected chi connectivity index (χ4v) is 2.29. The van der Waals surface area contributed by atoms with Crippen LogP contribution in [0.3, 0.4) is 0 Å². The maximum Gasteiger partial charge on any atom is 0.270 e. The first-order valence-electron chi connectivity index (χ1n) is 6.37. The van der Waals surface area contributed by atoms with Gasteiger partial charge >= 0.3 is 0 Å². The number of hydrogen-bond donors (Lipinski definition) is 2. The summed E-state index contributed by atoms with van der Waals surface area (Å²) in [5, 5.41) is 13.6. The van der Waals surface area contributed by atoms with Gasteiger partial charge in [0, 0.05) is 29.8 Å². The Kier molecular flexibility index (Phi) is 4.11. The molecule has 6 nitrogen and oxygen atoms in total. The van der Waals surface area contributed by atoms with Gasteiger partial charge in [0.1, 0.15) is 0 Å². The number of carbonyl (C=O) groups excluding carboxylic acids is 1. The Morgan fingerprint density at radius 1 is 1.32 bits per heavy atom. The van der Waals surface area contributed by atoms with Gasteiger partial charge in [-0.2, -0.15) is 0 Å². The highest BCUT2D eigenvalue weighted by Crippen LogP contribution is 2.18. The molecule has 0 unspecified atom stereocenters. The lowest BCUT2D eigenvalue weighted by atomic mass is 9.91.